The first kappa shape index (κ1) is 20.1. The third-order valence-corrected chi connectivity index (χ3v) is 4.51. The van der Waals surface area contributed by atoms with Crippen molar-refractivity contribution in [2.24, 2.45) is 0 Å². The van der Waals surface area contributed by atoms with Gasteiger partial charge in [0, 0.05) is 36.5 Å². The summed E-state index contributed by atoms with van der Waals surface area (Å²) in [5.74, 6) is 1.20. The maximum Gasteiger partial charge on any atom is 0.220 e. The van der Waals surface area contributed by atoms with Gasteiger partial charge in [0.1, 0.15) is 0 Å². The summed E-state index contributed by atoms with van der Waals surface area (Å²) >= 11 is 5.90. The number of amides is 1. The molecule has 5 nitrogen and oxygen atoms in total. The fraction of sp³-hybridized carbons (Fsp3) is 0.273. The van der Waals surface area contributed by atoms with E-state index in [1.54, 1.807) is 18.3 Å². The molecule has 0 saturated carbocycles. The van der Waals surface area contributed by atoms with Crippen LogP contribution in [-0.2, 0) is 24.3 Å². The van der Waals surface area contributed by atoms with Crippen LogP contribution in [0.3, 0.4) is 0 Å². The maximum atomic E-state index is 12.1. The molecule has 0 unspecified atom stereocenters. The molecule has 3 aromatic rings. The quantitative estimate of drug-likeness (QED) is 0.615. The van der Waals surface area contributed by atoms with Crippen molar-refractivity contribution in [3.05, 3.63) is 76.8 Å². The van der Waals surface area contributed by atoms with Gasteiger partial charge < -0.3 is 14.6 Å². The molecular weight excluding hydrogens is 374 g/mol. The van der Waals surface area contributed by atoms with E-state index in [4.69, 9.17) is 16.0 Å². The van der Waals surface area contributed by atoms with Crippen LogP contribution in [0.1, 0.15) is 23.4 Å². The molecule has 1 N–H and O–H groups in total. The van der Waals surface area contributed by atoms with Crippen LogP contribution in [0, 0.1) is 0 Å². The lowest BCUT2D eigenvalue weighted by molar-refractivity contribution is -0.121. The van der Waals surface area contributed by atoms with Crippen LogP contribution in [0.25, 0.3) is 11.3 Å². The number of rotatable bonds is 8. The van der Waals surface area contributed by atoms with Gasteiger partial charge in [-0.3, -0.25) is 4.79 Å². The summed E-state index contributed by atoms with van der Waals surface area (Å²) in [5.41, 5.74) is 3.24. The monoisotopic (exact) mass is 397 g/mol. The fourth-order valence-electron chi connectivity index (χ4n) is 2.81. The third-order valence-electron chi connectivity index (χ3n) is 4.26. The topological polar surface area (TPSA) is 58.4 Å². The van der Waals surface area contributed by atoms with E-state index in [0.29, 0.717) is 36.1 Å². The van der Waals surface area contributed by atoms with E-state index in [1.807, 2.05) is 38.4 Å². The highest BCUT2D eigenvalue weighted by molar-refractivity contribution is 6.30. The average molecular weight is 398 g/mol. The molecular formula is C22H24ClN3O2. The number of aryl methyl sites for hydroxylation is 1. The minimum absolute atomic E-state index is 0.0244. The second-order valence-electron chi connectivity index (χ2n) is 6.96. The van der Waals surface area contributed by atoms with Crippen molar-refractivity contribution < 1.29 is 9.21 Å². The SMILES string of the molecule is CN(C)Cc1ccc(CNC(=O)CCc2ncc(-c3ccc(Cl)cc3)o2)cc1. The largest absolute Gasteiger partial charge is 0.441 e. The number of hydrogen-bond donors (Lipinski definition) is 1. The molecule has 0 spiro atoms. The molecule has 28 heavy (non-hydrogen) atoms. The van der Waals surface area contributed by atoms with E-state index < -0.39 is 0 Å². The Morgan fingerprint density at radius 3 is 2.43 bits per heavy atom. The number of hydrogen-bond acceptors (Lipinski definition) is 4. The van der Waals surface area contributed by atoms with Crippen LogP contribution >= 0.6 is 11.6 Å². The molecule has 0 aliphatic heterocycles. The summed E-state index contributed by atoms with van der Waals surface area (Å²) in [6, 6.07) is 15.6. The van der Waals surface area contributed by atoms with Crippen molar-refractivity contribution in [3.8, 4) is 11.3 Å². The molecule has 0 radical (unpaired) electrons. The second kappa shape index (κ2) is 9.53. The van der Waals surface area contributed by atoms with Crippen LogP contribution in [0.2, 0.25) is 5.02 Å². The number of nitrogens with one attached hydrogen (secondary N) is 1. The molecule has 0 bridgehead atoms. The minimum Gasteiger partial charge on any atom is -0.441 e. The first-order valence-electron chi connectivity index (χ1n) is 9.19. The van der Waals surface area contributed by atoms with E-state index in [2.05, 4.69) is 27.3 Å². The number of carbonyl (C=O) groups excluding carboxylic acids is 1. The van der Waals surface area contributed by atoms with Gasteiger partial charge >= 0.3 is 0 Å². The molecule has 0 aliphatic carbocycles. The molecule has 6 heteroatoms. The van der Waals surface area contributed by atoms with Crippen molar-refractivity contribution in [3.63, 3.8) is 0 Å². The highest BCUT2D eigenvalue weighted by Gasteiger charge is 2.09. The van der Waals surface area contributed by atoms with Gasteiger partial charge in [0.15, 0.2) is 11.7 Å². The molecule has 1 heterocycles. The Morgan fingerprint density at radius 2 is 1.75 bits per heavy atom. The number of nitrogens with zero attached hydrogens (tertiary/aromatic N) is 2. The smallest absolute Gasteiger partial charge is 0.220 e. The first-order chi connectivity index (χ1) is 13.5. The van der Waals surface area contributed by atoms with Crippen molar-refractivity contribution in [2.75, 3.05) is 14.1 Å². The number of carbonyl (C=O) groups is 1. The van der Waals surface area contributed by atoms with Crippen LogP contribution in [0.4, 0.5) is 0 Å². The lowest BCUT2D eigenvalue weighted by Crippen LogP contribution is -2.23. The van der Waals surface area contributed by atoms with Crippen molar-refractivity contribution in [2.45, 2.75) is 25.9 Å². The Hall–Kier alpha value is -2.63. The summed E-state index contributed by atoms with van der Waals surface area (Å²) in [6.07, 6.45) is 2.46. The normalized spacial score (nSPS) is 11.0. The predicted octanol–water partition coefficient (Wildman–Crippen LogP) is 4.31. The van der Waals surface area contributed by atoms with Gasteiger partial charge in [-0.25, -0.2) is 4.98 Å². The van der Waals surface area contributed by atoms with E-state index in [0.717, 1.165) is 17.7 Å². The number of oxazole rings is 1. The number of halogens is 1. The van der Waals surface area contributed by atoms with Crippen molar-refractivity contribution >= 4 is 17.5 Å². The van der Waals surface area contributed by atoms with E-state index in [-0.39, 0.29) is 5.91 Å². The minimum atomic E-state index is -0.0244. The molecule has 0 aliphatic rings. The summed E-state index contributed by atoms with van der Waals surface area (Å²) < 4.78 is 5.73. The van der Waals surface area contributed by atoms with Gasteiger partial charge in [0.25, 0.3) is 0 Å². The lowest BCUT2D eigenvalue weighted by atomic mass is 10.1. The Balaban J connectivity index is 1.45. The zero-order valence-corrected chi connectivity index (χ0v) is 16.9. The van der Waals surface area contributed by atoms with Crippen LogP contribution < -0.4 is 5.32 Å². The molecule has 1 aromatic heterocycles. The summed E-state index contributed by atoms with van der Waals surface area (Å²) in [6.45, 7) is 1.42. The first-order valence-corrected chi connectivity index (χ1v) is 9.57. The Labute approximate surface area is 170 Å². The van der Waals surface area contributed by atoms with Crippen LogP contribution in [-0.4, -0.2) is 29.9 Å². The Bertz CT molecular complexity index is 902. The average Bonchev–Trinajstić information content (AvgIpc) is 3.15. The predicted molar refractivity (Wildman–Crippen MR) is 111 cm³/mol. The summed E-state index contributed by atoms with van der Waals surface area (Å²) in [7, 11) is 4.08. The standard InChI is InChI=1S/C22H24ClN3O2/c1-26(2)15-17-5-3-16(4-6-17)13-24-21(27)11-12-22-25-14-20(28-22)18-7-9-19(23)10-8-18/h3-10,14H,11-13,15H2,1-2H3,(H,24,27). The van der Waals surface area contributed by atoms with Gasteiger partial charge in [0.2, 0.25) is 5.91 Å². The van der Waals surface area contributed by atoms with E-state index in [9.17, 15) is 4.79 Å². The Kier molecular flexibility index (Phi) is 6.85. The Morgan fingerprint density at radius 1 is 1.07 bits per heavy atom. The number of aromatic nitrogens is 1. The van der Waals surface area contributed by atoms with Gasteiger partial charge in [0.05, 0.1) is 6.20 Å². The highest BCUT2D eigenvalue weighted by atomic mass is 35.5. The van der Waals surface area contributed by atoms with Crippen LogP contribution in [0.15, 0.2) is 59.1 Å². The van der Waals surface area contributed by atoms with E-state index >= 15 is 0 Å². The lowest BCUT2D eigenvalue weighted by Gasteiger charge is -2.10. The molecule has 3 rings (SSSR count). The van der Waals surface area contributed by atoms with Gasteiger partial charge in [-0.05, 0) is 49.5 Å². The molecule has 0 atom stereocenters. The zero-order chi connectivity index (χ0) is 19.9. The fourth-order valence-corrected chi connectivity index (χ4v) is 2.94. The zero-order valence-electron chi connectivity index (χ0n) is 16.1. The number of benzene rings is 2. The van der Waals surface area contributed by atoms with Crippen molar-refractivity contribution in [1.29, 1.82) is 0 Å². The maximum absolute atomic E-state index is 12.1. The van der Waals surface area contributed by atoms with Gasteiger partial charge in [-0.1, -0.05) is 35.9 Å². The highest BCUT2D eigenvalue weighted by Crippen LogP contribution is 2.22. The molecule has 0 saturated heterocycles. The summed E-state index contributed by atoms with van der Waals surface area (Å²) in [4.78, 5) is 18.5. The van der Waals surface area contributed by atoms with Gasteiger partial charge in [-0.15, -0.1) is 0 Å². The molecule has 0 fully saturated rings. The van der Waals surface area contributed by atoms with Crippen molar-refractivity contribution in [1.82, 2.24) is 15.2 Å². The molecule has 1 amide bonds. The molecule has 2 aromatic carbocycles. The van der Waals surface area contributed by atoms with Crippen LogP contribution in [0.5, 0.6) is 0 Å². The second-order valence-corrected chi connectivity index (χ2v) is 7.39. The van der Waals surface area contributed by atoms with Gasteiger partial charge in [-0.2, -0.15) is 0 Å². The van der Waals surface area contributed by atoms with E-state index in [1.165, 1.54) is 5.56 Å². The summed E-state index contributed by atoms with van der Waals surface area (Å²) in [5, 5.41) is 3.61. The third kappa shape index (κ3) is 5.94. The molecule has 146 valence electrons.